The van der Waals surface area contributed by atoms with Crippen LogP contribution in [0.3, 0.4) is 0 Å². The molecule has 0 aliphatic rings. The maximum Gasteiger partial charge on any atom is 0.225 e. The molecule has 0 saturated carbocycles. The van der Waals surface area contributed by atoms with Gasteiger partial charge in [0.2, 0.25) is 5.12 Å². The summed E-state index contributed by atoms with van der Waals surface area (Å²) < 4.78 is 5.76. The third kappa shape index (κ3) is 5.82. The maximum absolute atomic E-state index is 12.5. The van der Waals surface area contributed by atoms with Crippen LogP contribution in [0.1, 0.15) is 25.3 Å². The molecule has 0 bridgehead atoms. The number of aliphatic hydroxyl groups is 1. The van der Waals surface area contributed by atoms with Crippen molar-refractivity contribution in [3.63, 3.8) is 0 Å². The smallest absolute Gasteiger partial charge is 0.225 e. The average molecular weight is 330 g/mol. The first-order chi connectivity index (χ1) is 11.2. The van der Waals surface area contributed by atoms with Gasteiger partial charge in [-0.25, -0.2) is 0 Å². The molecule has 1 N–H and O–H groups in total. The fourth-order valence-corrected chi connectivity index (χ4v) is 3.07. The van der Waals surface area contributed by atoms with E-state index >= 15 is 0 Å². The summed E-state index contributed by atoms with van der Waals surface area (Å²) in [5.74, 6) is 0. The van der Waals surface area contributed by atoms with Crippen LogP contribution in [-0.4, -0.2) is 22.4 Å². The van der Waals surface area contributed by atoms with Gasteiger partial charge in [0.1, 0.15) is 0 Å². The minimum Gasteiger partial charge on any atom is -0.390 e. The van der Waals surface area contributed by atoms with Crippen molar-refractivity contribution in [3.05, 3.63) is 66.2 Å². The van der Waals surface area contributed by atoms with E-state index in [9.17, 15) is 9.90 Å². The summed E-state index contributed by atoms with van der Waals surface area (Å²) in [6.07, 6.45) is -0.260. The predicted molar refractivity (Wildman–Crippen MR) is 93.2 cm³/mol. The molecule has 0 aliphatic carbocycles. The van der Waals surface area contributed by atoms with Gasteiger partial charge < -0.3 is 9.84 Å². The Morgan fingerprint density at radius 1 is 1.09 bits per heavy atom. The second-order valence-electron chi connectivity index (χ2n) is 5.31. The molecule has 0 spiro atoms. The zero-order valence-electron chi connectivity index (χ0n) is 13.2. The first-order valence-electron chi connectivity index (χ1n) is 7.81. The van der Waals surface area contributed by atoms with E-state index in [0.29, 0.717) is 13.0 Å². The molecule has 23 heavy (non-hydrogen) atoms. The Morgan fingerprint density at radius 3 is 2.30 bits per heavy atom. The highest BCUT2D eigenvalue weighted by molar-refractivity contribution is 8.13. The number of hydrogen-bond donors (Lipinski definition) is 1. The number of ether oxygens (including phenoxy) is 1. The lowest BCUT2D eigenvalue weighted by atomic mass is 10.1. The van der Waals surface area contributed by atoms with E-state index < -0.39 is 12.2 Å². The number of aliphatic hydroxyl groups excluding tert-OH is 1. The van der Waals surface area contributed by atoms with Gasteiger partial charge in [0.05, 0.1) is 12.7 Å². The zero-order valence-corrected chi connectivity index (χ0v) is 14.0. The molecule has 0 amide bonds. The Balaban J connectivity index is 2.02. The van der Waals surface area contributed by atoms with E-state index in [1.165, 1.54) is 0 Å². The molecule has 4 heteroatoms. The van der Waals surface area contributed by atoms with Crippen molar-refractivity contribution in [2.75, 3.05) is 0 Å². The van der Waals surface area contributed by atoms with Gasteiger partial charge in [-0.15, -0.1) is 0 Å². The lowest BCUT2D eigenvalue weighted by molar-refractivity contribution is -0.130. The third-order valence-electron chi connectivity index (χ3n) is 3.40. The van der Waals surface area contributed by atoms with E-state index in [4.69, 9.17) is 4.74 Å². The quantitative estimate of drug-likeness (QED) is 0.742. The number of thioether (sulfide) groups is 1. The average Bonchev–Trinajstić information content (AvgIpc) is 2.57. The van der Waals surface area contributed by atoms with Crippen molar-refractivity contribution >= 4 is 16.9 Å². The van der Waals surface area contributed by atoms with Crippen molar-refractivity contribution in [3.8, 4) is 0 Å². The second-order valence-corrected chi connectivity index (χ2v) is 6.39. The molecule has 2 rings (SSSR count). The molecule has 0 fully saturated rings. The van der Waals surface area contributed by atoms with Crippen molar-refractivity contribution in [2.24, 2.45) is 0 Å². The van der Waals surface area contributed by atoms with Gasteiger partial charge in [0.15, 0.2) is 6.10 Å². The SMILES string of the molecule is CCC[C@@H](O)[C@@H](OCc1ccccc1)C(=O)Sc1ccccc1. The fraction of sp³-hybridized carbons (Fsp3) is 0.316. The largest absolute Gasteiger partial charge is 0.390 e. The molecular weight excluding hydrogens is 308 g/mol. The zero-order chi connectivity index (χ0) is 16.5. The minimum absolute atomic E-state index is 0.159. The Hall–Kier alpha value is -1.62. The van der Waals surface area contributed by atoms with Gasteiger partial charge >= 0.3 is 0 Å². The summed E-state index contributed by atoms with van der Waals surface area (Å²) in [4.78, 5) is 13.4. The minimum atomic E-state index is -0.819. The molecule has 2 aromatic rings. The van der Waals surface area contributed by atoms with Gasteiger partial charge in [0.25, 0.3) is 0 Å². The molecule has 122 valence electrons. The van der Waals surface area contributed by atoms with E-state index in [-0.39, 0.29) is 5.12 Å². The standard InChI is InChI=1S/C19H22O3S/c1-2-9-17(20)18(22-14-15-10-5-3-6-11-15)19(21)23-16-12-7-4-8-13-16/h3-8,10-13,17-18,20H,2,9,14H2,1H3/t17-,18-/m1/s1. The highest BCUT2D eigenvalue weighted by Gasteiger charge is 2.28. The van der Waals surface area contributed by atoms with Crippen molar-refractivity contribution in [1.82, 2.24) is 0 Å². The molecule has 3 nitrogen and oxygen atoms in total. The summed E-state index contributed by atoms with van der Waals surface area (Å²) in [5.41, 5.74) is 0.985. The maximum atomic E-state index is 12.5. The Labute approximate surface area is 141 Å². The van der Waals surface area contributed by atoms with Crippen molar-refractivity contribution < 1.29 is 14.6 Å². The Bertz CT molecular complexity index is 586. The highest BCUT2D eigenvalue weighted by atomic mass is 32.2. The molecule has 2 atom stereocenters. The van der Waals surface area contributed by atoms with E-state index in [1.54, 1.807) is 0 Å². The molecule has 2 aromatic carbocycles. The van der Waals surface area contributed by atoms with Gasteiger partial charge in [-0.2, -0.15) is 0 Å². The van der Waals surface area contributed by atoms with Gasteiger partial charge in [0, 0.05) is 4.90 Å². The molecule has 0 heterocycles. The molecule has 0 radical (unpaired) electrons. The van der Waals surface area contributed by atoms with E-state index in [1.807, 2.05) is 67.6 Å². The lowest BCUT2D eigenvalue weighted by Crippen LogP contribution is -2.35. The van der Waals surface area contributed by atoms with Crippen LogP contribution in [0.15, 0.2) is 65.6 Å². The van der Waals surface area contributed by atoms with Gasteiger partial charge in [-0.05, 0) is 35.9 Å². The van der Waals surface area contributed by atoms with Crippen LogP contribution in [0.4, 0.5) is 0 Å². The van der Waals surface area contributed by atoms with Crippen LogP contribution in [-0.2, 0) is 16.1 Å². The Morgan fingerprint density at radius 2 is 1.70 bits per heavy atom. The van der Waals surface area contributed by atoms with Crippen LogP contribution in [0.2, 0.25) is 0 Å². The summed E-state index contributed by atoms with van der Waals surface area (Å²) in [7, 11) is 0. The van der Waals surface area contributed by atoms with E-state index in [2.05, 4.69) is 0 Å². The van der Waals surface area contributed by atoms with Crippen LogP contribution < -0.4 is 0 Å². The van der Waals surface area contributed by atoms with Gasteiger partial charge in [-0.3, -0.25) is 4.79 Å². The summed E-state index contributed by atoms with van der Waals surface area (Å²) in [5, 5.41) is 10.1. The van der Waals surface area contributed by atoms with E-state index in [0.717, 1.165) is 28.6 Å². The normalized spacial score (nSPS) is 13.5. The summed E-state index contributed by atoms with van der Waals surface area (Å²) >= 11 is 1.12. The Kier molecular flexibility index (Phi) is 7.33. The van der Waals surface area contributed by atoms with Crippen LogP contribution in [0, 0.1) is 0 Å². The number of benzene rings is 2. The summed E-state index contributed by atoms with van der Waals surface area (Å²) in [6.45, 7) is 2.29. The van der Waals surface area contributed by atoms with Crippen LogP contribution >= 0.6 is 11.8 Å². The first kappa shape index (κ1) is 17.7. The number of carbonyl (C=O) groups is 1. The highest BCUT2D eigenvalue weighted by Crippen LogP contribution is 2.23. The monoisotopic (exact) mass is 330 g/mol. The molecule has 0 aliphatic heterocycles. The molecule has 0 aromatic heterocycles. The first-order valence-corrected chi connectivity index (χ1v) is 8.62. The number of rotatable bonds is 8. The fourth-order valence-electron chi connectivity index (χ4n) is 2.21. The lowest BCUT2D eigenvalue weighted by Gasteiger charge is -2.21. The van der Waals surface area contributed by atoms with Crippen molar-refractivity contribution in [1.29, 1.82) is 0 Å². The second kappa shape index (κ2) is 9.50. The molecule has 0 unspecified atom stereocenters. The predicted octanol–water partition coefficient (Wildman–Crippen LogP) is 4.05. The number of hydrogen-bond acceptors (Lipinski definition) is 4. The van der Waals surface area contributed by atoms with Crippen molar-refractivity contribution in [2.45, 2.75) is 43.5 Å². The topological polar surface area (TPSA) is 46.5 Å². The number of carbonyl (C=O) groups excluding carboxylic acids is 1. The van der Waals surface area contributed by atoms with Gasteiger partial charge in [-0.1, -0.05) is 61.9 Å². The summed E-state index contributed by atoms with van der Waals surface area (Å²) in [6, 6.07) is 19.1. The third-order valence-corrected chi connectivity index (χ3v) is 4.34. The molecular formula is C19H22O3S. The van der Waals surface area contributed by atoms with Crippen LogP contribution in [0.25, 0.3) is 0 Å². The van der Waals surface area contributed by atoms with Crippen LogP contribution in [0.5, 0.6) is 0 Å². The molecule has 0 saturated heterocycles.